The molecule has 2 aromatic rings. The highest BCUT2D eigenvalue weighted by atomic mass is 16.2. The van der Waals surface area contributed by atoms with E-state index in [0.29, 0.717) is 17.8 Å². The van der Waals surface area contributed by atoms with Crippen LogP contribution in [0.5, 0.6) is 0 Å². The summed E-state index contributed by atoms with van der Waals surface area (Å²) in [4.78, 5) is 14.6. The number of carbonyl (C=O) groups is 1. The molecule has 0 spiro atoms. The van der Waals surface area contributed by atoms with E-state index < -0.39 is 0 Å². The zero-order valence-electron chi connectivity index (χ0n) is 12.8. The SMILES string of the molecule is CCCN(C(=O)c1cn(C)nc1CC)c1ccc(N)cc1. The predicted octanol–water partition coefficient (Wildman–Crippen LogP) is 2.62. The molecule has 1 heterocycles. The standard InChI is InChI=1S/C16H22N4O/c1-4-10-20(13-8-6-12(17)7-9-13)16(21)14-11-19(3)18-15(14)5-2/h6-9,11H,4-5,10,17H2,1-3H3. The summed E-state index contributed by atoms with van der Waals surface area (Å²) in [5.41, 5.74) is 8.78. The Morgan fingerprint density at radius 1 is 1.29 bits per heavy atom. The normalized spacial score (nSPS) is 10.6. The second kappa shape index (κ2) is 6.43. The van der Waals surface area contributed by atoms with Crippen LogP contribution < -0.4 is 10.6 Å². The molecule has 0 saturated carbocycles. The minimum absolute atomic E-state index is 0.00780. The van der Waals surface area contributed by atoms with E-state index in [0.717, 1.165) is 24.2 Å². The van der Waals surface area contributed by atoms with Crippen LogP contribution in [0.1, 0.15) is 36.3 Å². The van der Waals surface area contributed by atoms with Crippen LogP contribution in [-0.2, 0) is 13.5 Å². The van der Waals surface area contributed by atoms with Crippen LogP contribution in [0.4, 0.5) is 11.4 Å². The lowest BCUT2D eigenvalue weighted by atomic mass is 10.1. The van der Waals surface area contributed by atoms with Gasteiger partial charge in [-0.15, -0.1) is 0 Å². The van der Waals surface area contributed by atoms with Gasteiger partial charge in [0.15, 0.2) is 0 Å². The molecule has 0 aliphatic carbocycles. The van der Waals surface area contributed by atoms with Crippen molar-refractivity contribution in [3.8, 4) is 0 Å². The van der Waals surface area contributed by atoms with Crippen molar-refractivity contribution in [3.05, 3.63) is 41.7 Å². The summed E-state index contributed by atoms with van der Waals surface area (Å²) in [6.45, 7) is 4.73. The lowest BCUT2D eigenvalue weighted by molar-refractivity contribution is 0.0986. The van der Waals surface area contributed by atoms with Crippen LogP contribution in [0.2, 0.25) is 0 Å². The van der Waals surface area contributed by atoms with Crippen LogP contribution in [0.15, 0.2) is 30.5 Å². The molecule has 5 heteroatoms. The Labute approximate surface area is 125 Å². The van der Waals surface area contributed by atoms with Crippen LogP contribution in [0.25, 0.3) is 0 Å². The Kier molecular flexibility index (Phi) is 4.62. The number of nitrogens with two attached hydrogens (primary N) is 1. The van der Waals surface area contributed by atoms with Crippen LogP contribution in [0.3, 0.4) is 0 Å². The summed E-state index contributed by atoms with van der Waals surface area (Å²) < 4.78 is 1.69. The van der Waals surface area contributed by atoms with E-state index in [9.17, 15) is 4.79 Å². The first-order chi connectivity index (χ1) is 10.1. The van der Waals surface area contributed by atoms with Crippen molar-refractivity contribution in [2.75, 3.05) is 17.2 Å². The van der Waals surface area contributed by atoms with Gasteiger partial charge in [-0.05, 0) is 37.1 Å². The van der Waals surface area contributed by atoms with Crippen molar-refractivity contribution >= 4 is 17.3 Å². The zero-order valence-corrected chi connectivity index (χ0v) is 12.8. The van der Waals surface area contributed by atoms with E-state index in [1.807, 2.05) is 38.2 Å². The number of amides is 1. The van der Waals surface area contributed by atoms with Gasteiger partial charge >= 0.3 is 0 Å². The molecule has 21 heavy (non-hydrogen) atoms. The Bertz CT molecular complexity index is 616. The third kappa shape index (κ3) is 3.24. The molecule has 2 rings (SSSR count). The summed E-state index contributed by atoms with van der Waals surface area (Å²) in [7, 11) is 1.84. The maximum absolute atomic E-state index is 12.9. The third-order valence-electron chi connectivity index (χ3n) is 3.37. The lowest BCUT2D eigenvalue weighted by Crippen LogP contribution is -2.32. The van der Waals surface area contributed by atoms with Gasteiger partial charge in [-0.25, -0.2) is 0 Å². The number of anilines is 2. The molecule has 0 aliphatic rings. The fourth-order valence-electron chi connectivity index (χ4n) is 2.35. The van der Waals surface area contributed by atoms with E-state index in [1.54, 1.807) is 15.8 Å². The van der Waals surface area contributed by atoms with Gasteiger partial charge in [0.2, 0.25) is 0 Å². The molecule has 1 aromatic heterocycles. The third-order valence-corrected chi connectivity index (χ3v) is 3.37. The summed E-state index contributed by atoms with van der Waals surface area (Å²) in [5, 5.41) is 4.35. The number of hydrogen-bond acceptors (Lipinski definition) is 3. The zero-order chi connectivity index (χ0) is 15.4. The molecule has 112 valence electrons. The van der Waals surface area contributed by atoms with Crippen LogP contribution in [0, 0.1) is 0 Å². The molecular weight excluding hydrogens is 264 g/mol. The number of rotatable bonds is 5. The van der Waals surface area contributed by atoms with E-state index in [1.165, 1.54) is 0 Å². The second-order valence-electron chi connectivity index (χ2n) is 5.07. The Morgan fingerprint density at radius 3 is 2.52 bits per heavy atom. The van der Waals surface area contributed by atoms with Crippen LogP contribution in [-0.4, -0.2) is 22.2 Å². The summed E-state index contributed by atoms with van der Waals surface area (Å²) in [6, 6.07) is 7.39. The highest BCUT2D eigenvalue weighted by Crippen LogP contribution is 2.20. The Hall–Kier alpha value is -2.30. The van der Waals surface area contributed by atoms with Crippen molar-refractivity contribution in [1.29, 1.82) is 0 Å². The number of aryl methyl sites for hydroxylation is 2. The number of benzene rings is 1. The second-order valence-corrected chi connectivity index (χ2v) is 5.07. The minimum Gasteiger partial charge on any atom is -0.399 e. The molecule has 1 amide bonds. The Morgan fingerprint density at radius 2 is 1.95 bits per heavy atom. The van der Waals surface area contributed by atoms with Crippen molar-refractivity contribution in [3.63, 3.8) is 0 Å². The molecule has 2 N–H and O–H groups in total. The first-order valence-electron chi connectivity index (χ1n) is 7.26. The number of aromatic nitrogens is 2. The predicted molar refractivity (Wildman–Crippen MR) is 85.4 cm³/mol. The van der Waals surface area contributed by atoms with Gasteiger partial charge in [-0.3, -0.25) is 9.48 Å². The average Bonchev–Trinajstić information content (AvgIpc) is 2.86. The van der Waals surface area contributed by atoms with Crippen molar-refractivity contribution < 1.29 is 4.79 Å². The molecule has 0 unspecified atom stereocenters. The largest absolute Gasteiger partial charge is 0.399 e. The van der Waals surface area contributed by atoms with Gasteiger partial charge in [-0.2, -0.15) is 5.10 Å². The summed E-state index contributed by atoms with van der Waals surface area (Å²) in [6.07, 6.45) is 3.42. The number of carbonyl (C=O) groups excluding carboxylic acids is 1. The molecule has 0 saturated heterocycles. The fourth-order valence-corrected chi connectivity index (χ4v) is 2.35. The van der Waals surface area contributed by atoms with Crippen LogP contribution >= 0.6 is 0 Å². The van der Waals surface area contributed by atoms with E-state index in [2.05, 4.69) is 12.0 Å². The minimum atomic E-state index is -0.00780. The quantitative estimate of drug-likeness (QED) is 0.859. The average molecular weight is 286 g/mol. The molecule has 5 nitrogen and oxygen atoms in total. The molecule has 0 fully saturated rings. The topological polar surface area (TPSA) is 64.2 Å². The van der Waals surface area contributed by atoms with Gasteiger partial charge < -0.3 is 10.6 Å². The first kappa shape index (κ1) is 15.1. The Balaban J connectivity index is 2.37. The van der Waals surface area contributed by atoms with Gasteiger partial charge in [0.25, 0.3) is 5.91 Å². The molecule has 0 radical (unpaired) electrons. The van der Waals surface area contributed by atoms with Crippen molar-refractivity contribution in [1.82, 2.24) is 9.78 Å². The van der Waals surface area contributed by atoms with Gasteiger partial charge in [0.1, 0.15) is 0 Å². The fraction of sp³-hybridized carbons (Fsp3) is 0.375. The molecule has 1 aromatic carbocycles. The molecule has 0 bridgehead atoms. The maximum Gasteiger partial charge on any atom is 0.261 e. The van der Waals surface area contributed by atoms with Crippen molar-refractivity contribution in [2.45, 2.75) is 26.7 Å². The summed E-state index contributed by atoms with van der Waals surface area (Å²) in [5.74, 6) is -0.00780. The van der Waals surface area contributed by atoms with Gasteiger partial charge in [0.05, 0.1) is 11.3 Å². The van der Waals surface area contributed by atoms with Gasteiger partial charge in [-0.1, -0.05) is 13.8 Å². The van der Waals surface area contributed by atoms with Gasteiger partial charge in [0, 0.05) is 31.2 Å². The van der Waals surface area contributed by atoms with E-state index >= 15 is 0 Å². The number of nitrogen functional groups attached to an aromatic ring is 1. The monoisotopic (exact) mass is 286 g/mol. The van der Waals surface area contributed by atoms with E-state index in [4.69, 9.17) is 5.73 Å². The highest BCUT2D eigenvalue weighted by molar-refractivity contribution is 6.06. The maximum atomic E-state index is 12.9. The first-order valence-corrected chi connectivity index (χ1v) is 7.26. The molecule has 0 aliphatic heterocycles. The molecular formula is C16H22N4O. The number of nitrogens with zero attached hydrogens (tertiary/aromatic N) is 3. The lowest BCUT2D eigenvalue weighted by Gasteiger charge is -2.22. The highest BCUT2D eigenvalue weighted by Gasteiger charge is 2.21. The van der Waals surface area contributed by atoms with Crippen molar-refractivity contribution in [2.24, 2.45) is 7.05 Å². The smallest absolute Gasteiger partial charge is 0.261 e. The van der Waals surface area contributed by atoms with E-state index in [-0.39, 0.29) is 5.91 Å². The number of hydrogen-bond donors (Lipinski definition) is 1. The summed E-state index contributed by atoms with van der Waals surface area (Å²) >= 11 is 0. The molecule has 0 atom stereocenters.